The van der Waals surface area contributed by atoms with Crippen molar-refractivity contribution in [1.82, 2.24) is 0 Å². The summed E-state index contributed by atoms with van der Waals surface area (Å²) < 4.78 is 18.8. The molecule has 0 aliphatic carbocycles. The van der Waals surface area contributed by atoms with Crippen LogP contribution in [0.3, 0.4) is 0 Å². The molecule has 1 heterocycles. The first kappa shape index (κ1) is 21.1. The Bertz CT molecular complexity index is 1300. The van der Waals surface area contributed by atoms with Crippen LogP contribution >= 0.6 is 11.6 Å². The van der Waals surface area contributed by atoms with E-state index in [4.69, 9.17) is 21.6 Å². The van der Waals surface area contributed by atoms with E-state index < -0.39 is 17.6 Å². The van der Waals surface area contributed by atoms with Crippen molar-refractivity contribution in [3.63, 3.8) is 0 Å². The number of carbonyl (C=O) groups excluding carboxylic acids is 2. The summed E-state index contributed by atoms with van der Waals surface area (Å²) in [7, 11) is 1.47. The highest BCUT2D eigenvalue weighted by molar-refractivity contribution is 6.46. The first-order chi connectivity index (χ1) is 15.4. The molecule has 0 aromatic heterocycles. The summed E-state index contributed by atoms with van der Waals surface area (Å²) in [5.74, 6) is -1.26. The minimum Gasteiger partial charge on any atom is -0.495 e. The number of nitriles is 1. The van der Waals surface area contributed by atoms with Crippen molar-refractivity contribution in [2.45, 2.75) is 0 Å². The van der Waals surface area contributed by atoms with Crippen LogP contribution in [-0.4, -0.2) is 18.9 Å². The van der Waals surface area contributed by atoms with Gasteiger partial charge in [0.2, 0.25) is 0 Å². The Morgan fingerprint density at radius 2 is 1.69 bits per heavy atom. The number of methoxy groups -OCH3 is 1. The van der Waals surface area contributed by atoms with Gasteiger partial charge in [0.25, 0.3) is 11.8 Å². The van der Waals surface area contributed by atoms with E-state index in [1.807, 2.05) is 6.07 Å². The van der Waals surface area contributed by atoms with Gasteiger partial charge in [-0.1, -0.05) is 23.7 Å². The second-order valence-corrected chi connectivity index (χ2v) is 7.27. The Morgan fingerprint density at radius 1 is 1.00 bits per heavy atom. The lowest BCUT2D eigenvalue weighted by Gasteiger charge is -2.16. The number of halogens is 2. The monoisotopic (exact) mass is 447 g/mol. The highest BCUT2D eigenvalue weighted by atomic mass is 35.5. The Hall–Kier alpha value is -4.15. The van der Waals surface area contributed by atoms with Gasteiger partial charge in [0.15, 0.2) is 0 Å². The molecular formula is C24H15ClFN3O3. The van der Waals surface area contributed by atoms with Crippen LogP contribution in [0.25, 0.3) is 5.57 Å². The Morgan fingerprint density at radius 3 is 2.31 bits per heavy atom. The average molecular weight is 448 g/mol. The first-order valence-corrected chi connectivity index (χ1v) is 9.80. The summed E-state index contributed by atoms with van der Waals surface area (Å²) in [6.45, 7) is 0. The van der Waals surface area contributed by atoms with Crippen LogP contribution < -0.4 is 15.0 Å². The summed E-state index contributed by atoms with van der Waals surface area (Å²) in [4.78, 5) is 27.8. The number of carbonyl (C=O) groups is 2. The van der Waals surface area contributed by atoms with Gasteiger partial charge in [0, 0.05) is 5.02 Å². The molecule has 1 N–H and O–H groups in total. The second-order valence-electron chi connectivity index (χ2n) is 6.83. The molecule has 1 aliphatic heterocycles. The minimum absolute atomic E-state index is 0.00784. The number of nitrogens with one attached hydrogen (secondary N) is 1. The Kier molecular flexibility index (Phi) is 5.63. The van der Waals surface area contributed by atoms with Gasteiger partial charge >= 0.3 is 0 Å². The highest BCUT2D eigenvalue weighted by Crippen LogP contribution is 2.36. The van der Waals surface area contributed by atoms with E-state index in [-0.39, 0.29) is 11.3 Å². The smallest absolute Gasteiger partial charge is 0.282 e. The predicted octanol–water partition coefficient (Wildman–Crippen LogP) is 4.76. The van der Waals surface area contributed by atoms with Crippen LogP contribution in [0.2, 0.25) is 5.02 Å². The van der Waals surface area contributed by atoms with Crippen LogP contribution in [0.1, 0.15) is 11.1 Å². The third-order valence-electron chi connectivity index (χ3n) is 4.89. The third kappa shape index (κ3) is 3.80. The normalized spacial score (nSPS) is 13.4. The number of anilines is 2. The molecule has 0 unspecified atom stereocenters. The molecule has 0 radical (unpaired) electrons. The molecule has 0 atom stereocenters. The first-order valence-electron chi connectivity index (χ1n) is 9.42. The number of rotatable bonds is 5. The summed E-state index contributed by atoms with van der Waals surface area (Å²) in [5, 5.41) is 12.4. The molecule has 8 heteroatoms. The van der Waals surface area contributed by atoms with Gasteiger partial charge in [-0.25, -0.2) is 9.29 Å². The fourth-order valence-electron chi connectivity index (χ4n) is 3.36. The number of amides is 2. The van der Waals surface area contributed by atoms with E-state index in [0.717, 1.165) is 4.90 Å². The molecule has 2 amide bonds. The van der Waals surface area contributed by atoms with Crippen LogP contribution in [0.15, 0.2) is 72.4 Å². The number of ether oxygens (including phenoxy) is 1. The zero-order valence-corrected chi connectivity index (χ0v) is 17.5. The van der Waals surface area contributed by atoms with Crippen LogP contribution in [0.4, 0.5) is 15.8 Å². The van der Waals surface area contributed by atoms with Gasteiger partial charge < -0.3 is 10.1 Å². The summed E-state index contributed by atoms with van der Waals surface area (Å²) in [6.07, 6.45) is 0. The van der Waals surface area contributed by atoms with Gasteiger partial charge in [-0.05, 0) is 60.2 Å². The predicted molar refractivity (Wildman–Crippen MR) is 119 cm³/mol. The quantitative estimate of drug-likeness (QED) is 0.570. The van der Waals surface area contributed by atoms with Crippen LogP contribution in [0, 0.1) is 17.1 Å². The van der Waals surface area contributed by atoms with Crippen LogP contribution in [-0.2, 0) is 9.59 Å². The zero-order chi connectivity index (χ0) is 22.8. The Balaban J connectivity index is 1.84. The average Bonchev–Trinajstić information content (AvgIpc) is 3.04. The van der Waals surface area contributed by atoms with E-state index in [9.17, 15) is 14.0 Å². The topological polar surface area (TPSA) is 82.4 Å². The standard InChI is InChI=1S/C24H15ClFN3O3/c1-32-20-11-6-16(25)12-19(20)28-22-21(15-4-7-17(26)8-5-15)23(30)29(24(22)31)18-9-2-14(13-27)3-10-18/h2-12,28H,1H3. The molecule has 0 saturated heterocycles. The van der Waals surface area contributed by atoms with E-state index in [2.05, 4.69) is 5.32 Å². The highest BCUT2D eigenvalue weighted by Gasteiger charge is 2.40. The van der Waals surface area contributed by atoms with Crippen LogP contribution in [0.5, 0.6) is 5.75 Å². The molecule has 0 bridgehead atoms. The molecule has 0 spiro atoms. The lowest BCUT2D eigenvalue weighted by molar-refractivity contribution is -0.120. The summed E-state index contributed by atoms with van der Waals surface area (Å²) >= 11 is 6.11. The van der Waals surface area contributed by atoms with Crippen molar-refractivity contribution in [3.8, 4) is 11.8 Å². The molecule has 4 rings (SSSR count). The number of hydrogen-bond acceptors (Lipinski definition) is 5. The number of hydrogen-bond donors (Lipinski definition) is 1. The van der Waals surface area contributed by atoms with Crippen molar-refractivity contribution < 1.29 is 18.7 Å². The maximum Gasteiger partial charge on any atom is 0.282 e. The van der Waals surface area contributed by atoms with Gasteiger partial charge in [-0.3, -0.25) is 9.59 Å². The molecule has 1 aliphatic rings. The molecule has 3 aromatic carbocycles. The SMILES string of the molecule is COc1ccc(Cl)cc1NC1=C(c2ccc(F)cc2)C(=O)N(c2ccc(C#N)cc2)C1=O. The maximum absolute atomic E-state index is 13.5. The minimum atomic E-state index is -0.610. The van der Waals surface area contributed by atoms with Crippen molar-refractivity contribution in [2.24, 2.45) is 0 Å². The fourth-order valence-corrected chi connectivity index (χ4v) is 3.53. The van der Waals surface area contributed by atoms with E-state index in [1.165, 1.54) is 55.6 Å². The molecule has 3 aromatic rings. The number of nitrogens with zero attached hydrogens (tertiary/aromatic N) is 2. The third-order valence-corrected chi connectivity index (χ3v) is 5.13. The lowest BCUT2D eigenvalue weighted by Crippen LogP contribution is -2.32. The molecule has 158 valence electrons. The van der Waals surface area contributed by atoms with Crippen molar-refractivity contribution in [3.05, 3.63) is 94.4 Å². The Labute approximate surface area is 188 Å². The van der Waals surface area contributed by atoms with Crippen molar-refractivity contribution >= 4 is 40.4 Å². The van der Waals surface area contributed by atoms with E-state index >= 15 is 0 Å². The molecule has 6 nitrogen and oxygen atoms in total. The molecule has 0 fully saturated rings. The summed E-state index contributed by atoms with van der Waals surface area (Å²) in [6, 6.07) is 18.1. The van der Waals surface area contributed by atoms with E-state index in [1.54, 1.807) is 18.2 Å². The number of imide groups is 1. The zero-order valence-electron chi connectivity index (χ0n) is 16.7. The van der Waals surface area contributed by atoms with Gasteiger partial charge in [0.05, 0.1) is 35.7 Å². The van der Waals surface area contributed by atoms with E-state index in [0.29, 0.717) is 33.3 Å². The summed E-state index contributed by atoms with van der Waals surface area (Å²) in [5.41, 5.74) is 1.50. The van der Waals surface area contributed by atoms with Crippen molar-refractivity contribution in [2.75, 3.05) is 17.3 Å². The van der Waals surface area contributed by atoms with Gasteiger partial charge in [-0.15, -0.1) is 0 Å². The molecular weight excluding hydrogens is 433 g/mol. The lowest BCUT2D eigenvalue weighted by atomic mass is 10.0. The molecule has 32 heavy (non-hydrogen) atoms. The maximum atomic E-state index is 13.5. The molecule has 0 saturated carbocycles. The van der Waals surface area contributed by atoms with Gasteiger partial charge in [-0.2, -0.15) is 5.26 Å². The fraction of sp³-hybridized carbons (Fsp3) is 0.0417. The second kappa shape index (κ2) is 8.53. The number of benzene rings is 3. The van der Waals surface area contributed by atoms with Crippen molar-refractivity contribution in [1.29, 1.82) is 5.26 Å². The largest absolute Gasteiger partial charge is 0.495 e. The van der Waals surface area contributed by atoms with Gasteiger partial charge in [0.1, 0.15) is 17.3 Å².